The molecule has 0 aromatic rings. The van der Waals surface area contributed by atoms with E-state index in [2.05, 4.69) is 32.9 Å². The average Bonchev–Trinajstić information content (AvgIpc) is 2.89. The highest BCUT2D eigenvalue weighted by atomic mass is 19.3. The van der Waals surface area contributed by atoms with Crippen molar-refractivity contribution in [2.24, 2.45) is 10.8 Å². The van der Waals surface area contributed by atoms with Crippen molar-refractivity contribution < 1.29 is 13.5 Å². The van der Waals surface area contributed by atoms with Crippen LogP contribution >= 0.6 is 0 Å². The summed E-state index contributed by atoms with van der Waals surface area (Å²) in [5, 5.41) is 0. The Kier molecular flexibility index (Phi) is 8.07. The van der Waals surface area contributed by atoms with E-state index in [1.807, 2.05) is 32.9 Å². The Morgan fingerprint density at radius 1 is 0.767 bits per heavy atom. The molecule has 30 heavy (non-hydrogen) atoms. The predicted molar refractivity (Wildman–Crippen MR) is 123 cm³/mol. The molecule has 1 nitrogen and oxygen atoms in total. The number of allylic oxidation sites excluding steroid dienone is 9. The minimum Gasteiger partial charge on any atom is -0.429 e. The molecule has 2 aliphatic rings. The van der Waals surface area contributed by atoms with Crippen molar-refractivity contribution >= 4 is 0 Å². The van der Waals surface area contributed by atoms with E-state index in [1.165, 1.54) is 6.08 Å². The van der Waals surface area contributed by atoms with Gasteiger partial charge in [-0.15, -0.1) is 0 Å². The second-order valence-electron chi connectivity index (χ2n) is 9.43. The minimum absolute atomic E-state index is 0.0762. The Morgan fingerprint density at radius 3 is 1.80 bits per heavy atom. The first-order valence-corrected chi connectivity index (χ1v) is 11.3. The number of hydrogen-bond donors (Lipinski definition) is 0. The number of alkyl halides is 2. The van der Waals surface area contributed by atoms with Crippen LogP contribution in [0.3, 0.4) is 0 Å². The van der Waals surface area contributed by atoms with Gasteiger partial charge in [0.1, 0.15) is 5.76 Å². The summed E-state index contributed by atoms with van der Waals surface area (Å²) in [6, 6.07) is 0. The van der Waals surface area contributed by atoms with Crippen molar-refractivity contribution in [3.05, 3.63) is 71.1 Å². The number of halogens is 2. The molecule has 0 aliphatic heterocycles. The zero-order chi connectivity index (χ0) is 22.4. The molecule has 0 bridgehead atoms. The molecule has 0 spiro atoms. The third-order valence-corrected chi connectivity index (χ3v) is 5.83. The van der Waals surface area contributed by atoms with Crippen LogP contribution in [0.2, 0.25) is 0 Å². The van der Waals surface area contributed by atoms with Gasteiger partial charge in [-0.2, -0.15) is 8.78 Å². The summed E-state index contributed by atoms with van der Waals surface area (Å²) in [5.41, 5.74) is 1.28. The van der Waals surface area contributed by atoms with E-state index in [9.17, 15) is 0 Å². The fourth-order valence-electron chi connectivity index (χ4n) is 4.29. The zero-order valence-corrected chi connectivity index (χ0v) is 19.5. The van der Waals surface area contributed by atoms with Gasteiger partial charge in [0.15, 0.2) is 0 Å². The molecule has 3 heteroatoms. The SMILES string of the molecule is CCCCC1(C)C=C(C)C=CC(OC(F)(F)C2=CC(C)(CCCC)C=C(C)C=C2)=C1. The van der Waals surface area contributed by atoms with Crippen LogP contribution in [-0.4, -0.2) is 6.11 Å². The largest absolute Gasteiger partial charge is 0.429 e. The first-order chi connectivity index (χ1) is 14.0. The van der Waals surface area contributed by atoms with Gasteiger partial charge >= 0.3 is 6.11 Å². The summed E-state index contributed by atoms with van der Waals surface area (Å²) in [6.45, 7) is 12.3. The van der Waals surface area contributed by atoms with Gasteiger partial charge in [-0.3, -0.25) is 0 Å². The smallest absolute Gasteiger partial charge is 0.426 e. The van der Waals surface area contributed by atoms with Gasteiger partial charge in [0, 0.05) is 10.8 Å². The molecule has 0 saturated heterocycles. The fourth-order valence-corrected chi connectivity index (χ4v) is 4.29. The molecule has 0 amide bonds. The maximum atomic E-state index is 15.3. The minimum atomic E-state index is -3.40. The molecule has 2 atom stereocenters. The van der Waals surface area contributed by atoms with E-state index >= 15 is 8.78 Å². The number of ether oxygens (including phenoxy) is 1. The summed E-state index contributed by atoms with van der Waals surface area (Å²) in [7, 11) is 0. The van der Waals surface area contributed by atoms with Crippen LogP contribution in [0.5, 0.6) is 0 Å². The highest BCUT2D eigenvalue weighted by Gasteiger charge is 2.39. The summed E-state index contributed by atoms with van der Waals surface area (Å²) in [6.07, 6.45) is 17.0. The molecule has 0 heterocycles. The van der Waals surface area contributed by atoms with Crippen LogP contribution < -0.4 is 0 Å². The van der Waals surface area contributed by atoms with E-state index in [-0.39, 0.29) is 16.7 Å². The summed E-state index contributed by atoms with van der Waals surface area (Å²) in [4.78, 5) is 0. The molecule has 2 rings (SSSR count). The molecule has 0 aromatic heterocycles. The van der Waals surface area contributed by atoms with Gasteiger partial charge in [-0.05, 0) is 44.9 Å². The monoisotopic (exact) mass is 416 g/mol. The van der Waals surface area contributed by atoms with E-state index < -0.39 is 11.5 Å². The van der Waals surface area contributed by atoms with Crippen LogP contribution in [0.4, 0.5) is 8.78 Å². The summed E-state index contributed by atoms with van der Waals surface area (Å²) < 4.78 is 36.1. The number of unbranched alkanes of at least 4 members (excludes halogenated alkanes) is 2. The van der Waals surface area contributed by atoms with Gasteiger partial charge in [-0.25, -0.2) is 0 Å². The Bertz CT molecular complexity index is 794. The topological polar surface area (TPSA) is 9.23 Å². The van der Waals surface area contributed by atoms with E-state index in [0.29, 0.717) is 0 Å². The quantitative estimate of drug-likeness (QED) is 0.365. The molecule has 0 saturated carbocycles. The lowest BCUT2D eigenvalue weighted by atomic mass is 9.82. The van der Waals surface area contributed by atoms with Gasteiger partial charge in [0.05, 0.1) is 5.57 Å². The highest BCUT2D eigenvalue weighted by Crippen LogP contribution is 2.40. The lowest BCUT2D eigenvalue weighted by molar-refractivity contribution is -0.177. The van der Waals surface area contributed by atoms with Gasteiger partial charge in [-0.1, -0.05) is 94.9 Å². The number of hydrogen-bond acceptors (Lipinski definition) is 1. The number of rotatable bonds is 9. The second-order valence-corrected chi connectivity index (χ2v) is 9.43. The van der Waals surface area contributed by atoms with Gasteiger partial charge < -0.3 is 4.74 Å². The molecular formula is C27H38F2O. The van der Waals surface area contributed by atoms with Crippen molar-refractivity contribution in [2.75, 3.05) is 0 Å². The van der Waals surface area contributed by atoms with E-state index in [0.717, 1.165) is 49.7 Å². The van der Waals surface area contributed by atoms with Crippen LogP contribution in [-0.2, 0) is 4.74 Å². The van der Waals surface area contributed by atoms with Crippen molar-refractivity contribution in [1.82, 2.24) is 0 Å². The van der Waals surface area contributed by atoms with Crippen molar-refractivity contribution in [3.8, 4) is 0 Å². The first-order valence-electron chi connectivity index (χ1n) is 11.3. The lowest BCUT2D eigenvalue weighted by Crippen LogP contribution is -2.25. The van der Waals surface area contributed by atoms with Crippen LogP contribution in [0, 0.1) is 10.8 Å². The Hall–Kier alpha value is -1.90. The van der Waals surface area contributed by atoms with Crippen LogP contribution in [0.25, 0.3) is 0 Å². The van der Waals surface area contributed by atoms with Gasteiger partial charge in [0.2, 0.25) is 0 Å². The van der Waals surface area contributed by atoms with E-state index in [1.54, 1.807) is 18.2 Å². The van der Waals surface area contributed by atoms with E-state index in [4.69, 9.17) is 4.74 Å². The van der Waals surface area contributed by atoms with Crippen molar-refractivity contribution in [1.29, 1.82) is 0 Å². The molecule has 0 N–H and O–H groups in total. The highest BCUT2D eigenvalue weighted by molar-refractivity contribution is 5.39. The molecule has 2 unspecified atom stereocenters. The maximum Gasteiger partial charge on any atom is 0.426 e. The third-order valence-electron chi connectivity index (χ3n) is 5.83. The zero-order valence-electron chi connectivity index (χ0n) is 19.5. The third kappa shape index (κ3) is 6.82. The Morgan fingerprint density at radius 2 is 1.27 bits per heavy atom. The Labute approximate surface area is 182 Å². The summed E-state index contributed by atoms with van der Waals surface area (Å²) >= 11 is 0. The molecule has 0 aromatic carbocycles. The first kappa shape index (κ1) is 24.4. The summed E-state index contributed by atoms with van der Waals surface area (Å²) in [5.74, 6) is 0.227. The van der Waals surface area contributed by atoms with Crippen LogP contribution in [0.1, 0.15) is 80.1 Å². The molecular weight excluding hydrogens is 378 g/mol. The second kappa shape index (κ2) is 9.94. The molecule has 166 valence electrons. The fraction of sp³-hybridized carbons (Fsp3) is 0.556. The molecule has 0 fully saturated rings. The molecule has 0 radical (unpaired) electrons. The Balaban J connectivity index is 2.33. The average molecular weight is 417 g/mol. The predicted octanol–water partition coefficient (Wildman–Crippen LogP) is 8.83. The standard InChI is InChI=1S/C27H38F2O/c1-7-9-15-25(5)17-21(3)11-13-23(19-25)27(28,29)30-24-14-12-22(4)18-26(6,20-24)16-10-8-2/h11-14,17-20H,7-10,15-16H2,1-6H3. The van der Waals surface area contributed by atoms with Crippen LogP contribution in [0.15, 0.2) is 71.1 Å². The normalized spacial score (nSPS) is 26.9. The lowest BCUT2D eigenvalue weighted by Gasteiger charge is -2.27. The van der Waals surface area contributed by atoms with Gasteiger partial charge in [0.25, 0.3) is 0 Å². The van der Waals surface area contributed by atoms with Crippen molar-refractivity contribution in [3.63, 3.8) is 0 Å². The van der Waals surface area contributed by atoms with Crippen molar-refractivity contribution in [2.45, 2.75) is 86.2 Å². The molecule has 2 aliphatic carbocycles. The maximum absolute atomic E-state index is 15.3.